The molecule has 18 heavy (non-hydrogen) atoms. The lowest BCUT2D eigenvalue weighted by molar-refractivity contribution is -0.250. The molecule has 0 radical (unpaired) electrons. The molecule has 10 heteroatoms. The van der Waals surface area contributed by atoms with E-state index in [2.05, 4.69) is 0 Å². The van der Waals surface area contributed by atoms with Gasteiger partial charge >= 0.3 is 11.4 Å². The predicted octanol–water partition coefficient (Wildman–Crippen LogP) is 5.61. The fourth-order valence-corrected chi connectivity index (χ4v) is 2.54. The second kappa shape index (κ2) is 3.09. The summed E-state index contributed by atoms with van der Waals surface area (Å²) in [5, 5.41) is -7.44. The van der Waals surface area contributed by atoms with Crippen LogP contribution in [0.1, 0.15) is 0 Å². The normalized spacial score (nSPS) is 18.1. The molecule has 0 aromatic heterocycles. The molecule has 0 fully saturated rings. The molecule has 0 saturated heterocycles. The van der Waals surface area contributed by atoms with Gasteiger partial charge in [0.25, 0.3) is 9.84 Å². The molecular weight excluding hydrogens is 299 g/mol. The lowest BCUT2D eigenvalue weighted by Gasteiger charge is -2.54. The zero-order valence-electron chi connectivity index (χ0n) is 8.20. The van der Waals surface area contributed by atoms with Crippen molar-refractivity contribution < 1.29 is 37.5 Å². The van der Waals surface area contributed by atoms with Gasteiger partial charge in [-0.2, -0.15) is 22.0 Å². The van der Waals surface area contributed by atoms with Gasteiger partial charge < -0.3 is 0 Å². The number of halogens is 9. The molecule has 0 atom stereocenters. The highest BCUT2D eigenvalue weighted by Crippen LogP contribution is 3.07. The van der Waals surface area contributed by atoms with E-state index in [4.69, 9.17) is 0 Å². The molecule has 0 spiro atoms. The zero-order chi connectivity index (χ0) is 14.5. The van der Waals surface area contributed by atoms with E-state index in [-0.39, 0.29) is 12.1 Å². The Bertz CT molecular complexity index is 454. The number of hydrogen-bond acceptors (Lipinski definition) is 0. The monoisotopic (exact) mass is 304 g/mol. The molecule has 0 bridgehead atoms. The van der Waals surface area contributed by atoms with Crippen LogP contribution in [0, 0.1) is 0 Å². The molecule has 0 heterocycles. The third-order valence-corrected chi connectivity index (χ3v) is 4.55. The minimum Gasteiger partial charge on any atom is -0.177 e. The number of hydrogen-bond donors (Lipinski definition) is 0. The van der Waals surface area contributed by atoms with Crippen molar-refractivity contribution in [3.63, 3.8) is 0 Å². The molecule has 1 aromatic carbocycles. The minimum absolute atomic E-state index is 0.165. The van der Waals surface area contributed by atoms with Crippen molar-refractivity contribution in [3.05, 3.63) is 30.3 Å². The predicted molar refractivity (Wildman–Crippen MR) is 47.7 cm³/mol. The summed E-state index contributed by atoms with van der Waals surface area (Å²) < 4.78 is 113. The van der Waals surface area contributed by atoms with Gasteiger partial charge in [-0.1, -0.05) is 18.2 Å². The maximum atomic E-state index is 13.1. The van der Waals surface area contributed by atoms with Crippen molar-refractivity contribution >= 4 is 9.84 Å². The third-order valence-electron chi connectivity index (χ3n) is 2.06. The first-order chi connectivity index (χ1) is 7.64. The van der Waals surface area contributed by atoms with Crippen LogP contribution in [0.15, 0.2) is 35.2 Å². The molecule has 0 saturated carbocycles. The molecule has 1 rings (SSSR count). The number of rotatable bonds is 2. The quantitative estimate of drug-likeness (QED) is 0.623. The van der Waals surface area contributed by atoms with Gasteiger partial charge in [-0.25, -0.2) is 0 Å². The van der Waals surface area contributed by atoms with Crippen LogP contribution in [0.5, 0.6) is 0 Å². The molecule has 0 aliphatic heterocycles. The molecule has 0 nitrogen and oxygen atoms in total. The summed E-state index contributed by atoms with van der Waals surface area (Å²) in [6.45, 7) is 0. The molecule has 1 aromatic rings. The van der Waals surface area contributed by atoms with Gasteiger partial charge in [0.15, 0.2) is 0 Å². The van der Waals surface area contributed by atoms with Crippen molar-refractivity contribution in [1.29, 1.82) is 0 Å². The molecule has 106 valence electrons. The summed E-state index contributed by atoms with van der Waals surface area (Å²) in [6.07, 6.45) is -7.07. The maximum absolute atomic E-state index is 13.1. The SMILES string of the molecule is FC(F)(F)C(F)(F)S(F)(F)(F)(F)c1ccccc1. The Morgan fingerprint density at radius 1 is 0.722 bits per heavy atom. The highest BCUT2D eigenvalue weighted by Gasteiger charge is 2.91. The summed E-state index contributed by atoms with van der Waals surface area (Å²) in [6, 6.07) is 1.62. The fourth-order valence-electron chi connectivity index (χ4n) is 1.08. The van der Waals surface area contributed by atoms with Gasteiger partial charge in [0.2, 0.25) is 0 Å². The van der Waals surface area contributed by atoms with Crippen molar-refractivity contribution in [2.45, 2.75) is 16.3 Å². The van der Waals surface area contributed by atoms with Crippen molar-refractivity contribution in [2.75, 3.05) is 0 Å². The average Bonchev–Trinajstić information content (AvgIpc) is 2.15. The van der Waals surface area contributed by atoms with Crippen molar-refractivity contribution in [3.8, 4) is 0 Å². The van der Waals surface area contributed by atoms with E-state index in [9.17, 15) is 37.5 Å². The van der Waals surface area contributed by atoms with E-state index < -0.39 is 26.2 Å². The topological polar surface area (TPSA) is 0 Å². The van der Waals surface area contributed by atoms with Crippen LogP contribution in [-0.4, -0.2) is 11.4 Å². The Hall–Kier alpha value is -1.06. The number of alkyl halides is 5. The van der Waals surface area contributed by atoms with Crippen LogP contribution in [-0.2, 0) is 0 Å². The van der Waals surface area contributed by atoms with Crippen LogP contribution < -0.4 is 0 Å². The smallest absolute Gasteiger partial charge is 0.177 e. The first-order valence-electron chi connectivity index (χ1n) is 4.13. The first kappa shape index (κ1) is 15.0. The first-order valence-corrected chi connectivity index (χ1v) is 6.18. The molecular formula is C8H5F9S. The summed E-state index contributed by atoms with van der Waals surface area (Å²) in [5.41, 5.74) is 0. The van der Waals surface area contributed by atoms with Crippen LogP contribution >= 0.6 is 9.84 Å². The number of benzene rings is 1. The largest absolute Gasteiger partial charge is 0.471 e. The van der Waals surface area contributed by atoms with Crippen molar-refractivity contribution in [1.82, 2.24) is 0 Å². The minimum atomic E-state index is -10.8. The van der Waals surface area contributed by atoms with Crippen molar-refractivity contribution in [2.24, 2.45) is 0 Å². The van der Waals surface area contributed by atoms with Crippen LogP contribution in [0.2, 0.25) is 0 Å². The summed E-state index contributed by atoms with van der Waals surface area (Å²) >= 11 is 0. The van der Waals surface area contributed by atoms with Gasteiger partial charge in [0.1, 0.15) is 0 Å². The summed E-state index contributed by atoms with van der Waals surface area (Å²) in [5.74, 6) is 0. The summed E-state index contributed by atoms with van der Waals surface area (Å²) in [7, 11) is -10.8. The van der Waals surface area contributed by atoms with E-state index in [0.29, 0.717) is 12.1 Å². The van der Waals surface area contributed by atoms with Gasteiger partial charge in [0.05, 0.1) is 4.90 Å². The van der Waals surface area contributed by atoms with E-state index in [1.807, 2.05) is 0 Å². The van der Waals surface area contributed by atoms with Gasteiger partial charge in [0, 0.05) is 0 Å². The van der Waals surface area contributed by atoms with E-state index >= 15 is 0 Å². The summed E-state index contributed by atoms with van der Waals surface area (Å²) in [4.78, 5) is -2.63. The maximum Gasteiger partial charge on any atom is 0.471 e. The zero-order valence-corrected chi connectivity index (χ0v) is 9.01. The van der Waals surface area contributed by atoms with Crippen LogP contribution in [0.4, 0.5) is 37.5 Å². The average molecular weight is 304 g/mol. The van der Waals surface area contributed by atoms with E-state index in [0.717, 1.165) is 6.07 Å². The van der Waals surface area contributed by atoms with Crippen LogP contribution in [0.3, 0.4) is 0 Å². The Morgan fingerprint density at radius 2 is 1.11 bits per heavy atom. The lowest BCUT2D eigenvalue weighted by atomic mass is 10.4. The Kier molecular flexibility index (Phi) is 2.57. The van der Waals surface area contributed by atoms with Gasteiger partial charge in [-0.05, 0) is 12.1 Å². The second-order valence-electron chi connectivity index (χ2n) is 3.40. The standard InChI is InChI=1S/C8H5F9S/c9-7(10,11)8(12,13)18(14,15,16,17)6-4-2-1-3-5-6/h1-5H. The Morgan fingerprint density at radius 3 is 1.44 bits per heavy atom. The van der Waals surface area contributed by atoms with E-state index in [1.165, 1.54) is 0 Å². The third kappa shape index (κ3) is 1.73. The Balaban J connectivity index is 3.69. The fraction of sp³-hybridized carbons (Fsp3) is 0.250. The molecule has 0 aliphatic carbocycles. The lowest BCUT2D eigenvalue weighted by Crippen LogP contribution is -2.48. The van der Waals surface area contributed by atoms with Gasteiger partial charge in [-0.15, -0.1) is 15.5 Å². The molecule has 0 aliphatic rings. The molecule has 0 amide bonds. The van der Waals surface area contributed by atoms with Gasteiger partial charge in [-0.3, -0.25) is 0 Å². The Labute approximate surface area is 94.8 Å². The highest BCUT2D eigenvalue weighted by molar-refractivity contribution is 8.50. The highest BCUT2D eigenvalue weighted by atomic mass is 32.5. The molecule has 0 N–H and O–H groups in total. The van der Waals surface area contributed by atoms with Crippen LogP contribution in [0.25, 0.3) is 0 Å². The van der Waals surface area contributed by atoms with E-state index in [1.54, 1.807) is 0 Å². The second-order valence-corrected chi connectivity index (χ2v) is 6.52. The molecule has 0 unspecified atom stereocenters.